The maximum Gasteiger partial charge on any atom is 0.280 e. The predicted octanol–water partition coefficient (Wildman–Crippen LogP) is -0.186. The van der Waals surface area contributed by atoms with Crippen LogP contribution in [-0.2, 0) is 16.1 Å². The van der Waals surface area contributed by atoms with Crippen LogP contribution in [0.3, 0.4) is 0 Å². The molecule has 1 aliphatic heterocycles. The number of hydrogen-bond donors (Lipinski definition) is 2. The Morgan fingerprint density at radius 2 is 1.86 bits per heavy atom. The number of quaternary nitrogens is 1. The molecule has 120 valence electrons. The minimum absolute atomic E-state index is 0.0203. The first-order chi connectivity index (χ1) is 10.5. The molecule has 1 aromatic carbocycles. The molecule has 0 unspecified atom stereocenters. The Balaban J connectivity index is 1.88. The van der Waals surface area contributed by atoms with E-state index in [0.717, 1.165) is 31.5 Å². The summed E-state index contributed by atoms with van der Waals surface area (Å²) in [6.07, 6.45) is 1.56. The molecule has 0 spiro atoms. The molecule has 0 aromatic heterocycles. The van der Waals surface area contributed by atoms with E-state index in [4.69, 9.17) is 5.73 Å². The van der Waals surface area contributed by atoms with E-state index < -0.39 is 0 Å². The van der Waals surface area contributed by atoms with Gasteiger partial charge in [0, 0.05) is 32.4 Å². The Morgan fingerprint density at radius 1 is 1.27 bits per heavy atom. The number of likely N-dealkylation sites (tertiary alicyclic amines) is 1. The van der Waals surface area contributed by atoms with Crippen LogP contribution >= 0.6 is 0 Å². The summed E-state index contributed by atoms with van der Waals surface area (Å²) in [4.78, 5) is 26.8. The average Bonchev–Trinajstić information content (AvgIpc) is 2.54. The number of primary amides is 1. The van der Waals surface area contributed by atoms with Crippen molar-refractivity contribution in [2.24, 2.45) is 11.7 Å². The van der Waals surface area contributed by atoms with Gasteiger partial charge in [-0.2, -0.15) is 0 Å². The van der Waals surface area contributed by atoms with Gasteiger partial charge in [-0.3, -0.25) is 9.59 Å². The van der Waals surface area contributed by atoms with Gasteiger partial charge < -0.3 is 15.5 Å². The van der Waals surface area contributed by atoms with Crippen molar-refractivity contribution in [3.63, 3.8) is 0 Å². The van der Waals surface area contributed by atoms with Crippen molar-refractivity contribution in [3.05, 3.63) is 35.9 Å². The first-order valence-corrected chi connectivity index (χ1v) is 7.92. The SMILES string of the molecule is C[C@H](C(=O)N(C)Cc1ccccc1)[NH+]1CCC(C(N)=O)CC1. The van der Waals surface area contributed by atoms with E-state index in [2.05, 4.69) is 0 Å². The number of nitrogens with zero attached hydrogens (tertiary/aromatic N) is 1. The Labute approximate surface area is 132 Å². The molecule has 1 saturated heterocycles. The van der Waals surface area contributed by atoms with Gasteiger partial charge in [0.15, 0.2) is 6.04 Å². The Kier molecular flexibility index (Phi) is 5.55. The van der Waals surface area contributed by atoms with E-state index in [1.165, 1.54) is 4.90 Å². The van der Waals surface area contributed by atoms with Crippen LogP contribution in [0.15, 0.2) is 30.3 Å². The summed E-state index contributed by atoms with van der Waals surface area (Å²) in [5, 5.41) is 0. The summed E-state index contributed by atoms with van der Waals surface area (Å²) in [5.74, 6) is -0.0799. The number of piperidine rings is 1. The summed E-state index contributed by atoms with van der Waals surface area (Å²) in [5.41, 5.74) is 6.49. The number of amides is 2. The monoisotopic (exact) mass is 304 g/mol. The molecule has 0 aliphatic carbocycles. The summed E-state index contributed by atoms with van der Waals surface area (Å²) < 4.78 is 0. The first kappa shape index (κ1) is 16.5. The number of benzene rings is 1. The smallest absolute Gasteiger partial charge is 0.280 e. The molecule has 5 nitrogen and oxygen atoms in total. The average molecular weight is 304 g/mol. The Hall–Kier alpha value is -1.88. The van der Waals surface area contributed by atoms with Crippen molar-refractivity contribution in [3.8, 4) is 0 Å². The molecule has 2 amide bonds. The molecular weight excluding hydrogens is 278 g/mol. The van der Waals surface area contributed by atoms with Crippen molar-refractivity contribution in [1.29, 1.82) is 0 Å². The molecule has 3 N–H and O–H groups in total. The third-order valence-electron chi connectivity index (χ3n) is 4.65. The van der Waals surface area contributed by atoms with Gasteiger partial charge in [0.2, 0.25) is 5.91 Å². The van der Waals surface area contributed by atoms with Crippen LogP contribution in [-0.4, -0.2) is 42.9 Å². The largest absolute Gasteiger partial charge is 0.369 e. The number of nitrogens with two attached hydrogens (primary N) is 1. The van der Waals surface area contributed by atoms with E-state index in [-0.39, 0.29) is 23.8 Å². The van der Waals surface area contributed by atoms with Crippen molar-refractivity contribution in [2.75, 3.05) is 20.1 Å². The minimum atomic E-state index is -0.209. The second-order valence-electron chi connectivity index (χ2n) is 6.24. The quantitative estimate of drug-likeness (QED) is 0.792. The van der Waals surface area contributed by atoms with Crippen LogP contribution in [0, 0.1) is 5.92 Å². The molecular formula is C17H26N3O2+. The standard InChI is InChI=1S/C17H25N3O2/c1-13(20-10-8-15(9-11-20)16(18)21)17(22)19(2)12-14-6-4-3-5-7-14/h3-7,13,15H,8-12H2,1-2H3,(H2,18,21)/p+1/t13-/m1/s1. The summed E-state index contributed by atoms with van der Waals surface area (Å²) >= 11 is 0. The van der Waals surface area contributed by atoms with Crippen LogP contribution in [0.25, 0.3) is 0 Å². The highest BCUT2D eigenvalue weighted by Gasteiger charge is 2.33. The lowest BCUT2D eigenvalue weighted by Gasteiger charge is -2.33. The van der Waals surface area contributed by atoms with Gasteiger partial charge in [0.05, 0.1) is 13.1 Å². The zero-order chi connectivity index (χ0) is 16.1. The zero-order valence-corrected chi connectivity index (χ0v) is 13.4. The van der Waals surface area contributed by atoms with Crippen LogP contribution in [0.1, 0.15) is 25.3 Å². The molecule has 0 saturated carbocycles. The van der Waals surface area contributed by atoms with Gasteiger partial charge in [-0.1, -0.05) is 30.3 Å². The summed E-state index contributed by atoms with van der Waals surface area (Å²) in [7, 11) is 1.85. The number of carbonyl (C=O) groups is 2. The van der Waals surface area contributed by atoms with Gasteiger partial charge in [-0.25, -0.2) is 0 Å². The minimum Gasteiger partial charge on any atom is -0.369 e. The number of likely N-dealkylation sites (N-methyl/N-ethyl adjacent to an activating group) is 1. The number of nitrogens with one attached hydrogen (secondary N) is 1. The van der Waals surface area contributed by atoms with Gasteiger partial charge in [0.25, 0.3) is 5.91 Å². The lowest BCUT2D eigenvalue weighted by molar-refractivity contribution is -0.920. The molecule has 0 bridgehead atoms. The summed E-state index contributed by atoms with van der Waals surface area (Å²) in [6.45, 7) is 4.27. The summed E-state index contributed by atoms with van der Waals surface area (Å²) in [6, 6.07) is 9.91. The third-order valence-corrected chi connectivity index (χ3v) is 4.65. The molecule has 22 heavy (non-hydrogen) atoms. The molecule has 5 heteroatoms. The van der Waals surface area contributed by atoms with Gasteiger partial charge in [0.1, 0.15) is 0 Å². The third kappa shape index (κ3) is 4.07. The van der Waals surface area contributed by atoms with E-state index in [0.29, 0.717) is 6.54 Å². The second-order valence-corrected chi connectivity index (χ2v) is 6.24. The topological polar surface area (TPSA) is 67.8 Å². The number of rotatable bonds is 5. The van der Waals surface area contributed by atoms with Crippen LogP contribution in [0.2, 0.25) is 0 Å². The first-order valence-electron chi connectivity index (χ1n) is 7.92. The molecule has 1 fully saturated rings. The van der Waals surface area contributed by atoms with Gasteiger partial charge in [-0.15, -0.1) is 0 Å². The van der Waals surface area contributed by atoms with Crippen LogP contribution in [0.5, 0.6) is 0 Å². The van der Waals surface area contributed by atoms with Crippen LogP contribution in [0.4, 0.5) is 0 Å². The maximum absolute atomic E-state index is 12.6. The molecule has 1 aliphatic rings. The fourth-order valence-corrected chi connectivity index (χ4v) is 3.15. The molecule has 0 radical (unpaired) electrons. The normalized spacial score (nSPS) is 22.8. The van der Waals surface area contributed by atoms with Crippen molar-refractivity contribution >= 4 is 11.8 Å². The van der Waals surface area contributed by atoms with Gasteiger partial charge >= 0.3 is 0 Å². The molecule has 1 aromatic rings. The lowest BCUT2D eigenvalue weighted by atomic mass is 9.95. The van der Waals surface area contributed by atoms with Crippen molar-refractivity contribution in [2.45, 2.75) is 32.4 Å². The Bertz CT molecular complexity index is 510. The van der Waals surface area contributed by atoms with E-state index >= 15 is 0 Å². The molecule has 2 rings (SSSR count). The highest BCUT2D eigenvalue weighted by Crippen LogP contribution is 2.09. The fourth-order valence-electron chi connectivity index (χ4n) is 3.15. The fraction of sp³-hybridized carbons (Fsp3) is 0.529. The predicted molar refractivity (Wildman–Crippen MR) is 85.0 cm³/mol. The molecule has 1 heterocycles. The Morgan fingerprint density at radius 3 is 2.41 bits per heavy atom. The highest BCUT2D eigenvalue weighted by molar-refractivity contribution is 5.80. The number of hydrogen-bond acceptors (Lipinski definition) is 2. The zero-order valence-electron chi connectivity index (χ0n) is 13.4. The maximum atomic E-state index is 12.6. The van der Waals surface area contributed by atoms with E-state index in [9.17, 15) is 9.59 Å². The van der Waals surface area contributed by atoms with Crippen molar-refractivity contribution < 1.29 is 14.5 Å². The number of carbonyl (C=O) groups excluding carboxylic acids is 2. The highest BCUT2D eigenvalue weighted by atomic mass is 16.2. The second kappa shape index (κ2) is 7.40. The van der Waals surface area contributed by atoms with Gasteiger partial charge in [-0.05, 0) is 12.5 Å². The molecule has 1 atom stereocenters. The van der Waals surface area contributed by atoms with Crippen LogP contribution < -0.4 is 10.6 Å². The lowest BCUT2D eigenvalue weighted by Crippen LogP contribution is -3.17. The van der Waals surface area contributed by atoms with E-state index in [1.807, 2.05) is 44.3 Å². The van der Waals surface area contributed by atoms with E-state index in [1.54, 1.807) is 4.90 Å². The van der Waals surface area contributed by atoms with Crippen molar-refractivity contribution in [1.82, 2.24) is 4.90 Å².